The molecule has 0 fully saturated rings. The molecule has 3 rings (SSSR count). The van der Waals surface area contributed by atoms with Gasteiger partial charge in [0.1, 0.15) is 17.9 Å². The molecule has 4 N–H and O–H groups in total. The Balaban J connectivity index is 0.00000243. The summed E-state index contributed by atoms with van der Waals surface area (Å²) in [6.07, 6.45) is 1.66. The number of phenolic OH excluding ortho intramolecular Hbond substituents is 1. The van der Waals surface area contributed by atoms with Gasteiger partial charge in [-0.25, -0.2) is 0 Å². The van der Waals surface area contributed by atoms with Crippen LogP contribution in [0, 0.1) is 0 Å². The molecule has 0 aliphatic carbocycles. The number of nitrogens with two attached hydrogens (primary N) is 1. The van der Waals surface area contributed by atoms with Gasteiger partial charge in [-0.1, -0.05) is 12.1 Å². The Morgan fingerprint density at radius 3 is 2.12 bits per heavy atom. The van der Waals surface area contributed by atoms with E-state index in [0.29, 0.717) is 0 Å². The summed E-state index contributed by atoms with van der Waals surface area (Å²) >= 11 is 3.40. The minimum absolute atomic E-state index is 0. The molecule has 0 aliphatic rings. The second kappa shape index (κ2) is 9.90. The Kier molecular flexibility index (Phi) is 7.87. The summed E-state index contributed by atoms with van der Waals surface area (Å²) in [5.41, 5.74) is 4.54. The molecule has 2 heterocycles. The van der Waals surface area contributed by atoms with Crippen molar-refractivity contribution in [3.63, 3.8) is 0 Å². The first-order chi connectivity index (χ1) is 12.1. The molecule has 0 spiro atoms. The van der Waals surface area contributed by atoms with Crippen LogP contribution in [0.5, 0.6) is 5.75 Å². The van der Waals surface area contributed by atoms with Crippen LogP contribution in [0.4, 0.5) is 0 Å². The van der Waals surface area contributed by atoms with Crippen molar-refractivity contribution >= 4 is 28.2 Å². The number of benzene rings is 1. The van der Waals surface area contributed by atoms with E-state index in [0.717, 1.165) is 12.1 Å². The van der Waals surface area contributed by atoms with E-state index in [-0.39, 0.29) is 24.2 Å². The van der Waals surface area contributed by atoms with Gasteiger partial charge in [0.25, 0.3) is 0 Å². The van der Waals surface area contributed by atoms with Gasteiger partial charge in [0.2, 0.25) is 0 Å². The predicted octanol–water partition coefficient (Wildman–Crippen LogP) is 0.636. The van der Waals surface area contributed by atoms with Crippen molar-refractivity contribution in [1.82, 2.24) is 0 Å². The van der Waals surface area contributed by atoms with Crippen LogP contribution in [0.15, 0.2) is 64.0 Å². The van der Waals surface area contributed by atoms with E-state index in [9.17, 15) is 10.2 Å². The summed E-state index contributed by atoms with van der Waals surface area (Å²) in [4.78, 5) is 0. The first-order valence-electron chi connectivity index (χ1n) is 8.21. The average molecular weight is 408 g/mol. The second-order valence-electron chi connectivity index (χ2n) is 6.01. The number of aliphatic hydroxyl groups excluding tert-OH is 1. The summed E-state index contributed by atoms with van der Waals surface area (Å²) < 4.78 is 0. The van der Waals surface area contributed by atoms with Crippen LogP contribution in [0.3, 0.4) is 0 Å². The van der Waals surface area contributed by atoms with Crippen LogP contribution in [-0.2, 0) is 0 Å². The largest absolute Gasteiger partial charge is 1.00 e. The summed E-state index contributed by atoms with van der Waals surface area (Å²) in [7, 11) is 0. The van der Waals surface area contributed by atoms with Crippen molar-refractivity contribution in [2.45, 2.75) is 19.1 Å². The smallest absolute Gasteiger partial charge is 0.130 e. The van der Waals surface area contributed by atoms with Gasteiger partial charge in [0.15, 0.2) is 0 Å². The van der Waals surface area contributed by atoms with Gasteiger partial charge in [-0.3, -0.25) is 0 Å². The van der Waals surface area contributed by atoms with Gasteiger partial charge < -0.3 is 27.9 Å². The van der Waals surface area contributed by atoms with Gasteiger partial charge in [-0.15, -0.1) is 0 Å². The van der Waals surface area contributed by atoms with E-state index in [2.05, 4.69) is 45.0 Å². The van der Waals surface area contributed by atoms with Crippen molar-refractivity contribution in [3.05, 3.63) is 80.7 Å². The molecular weight excluding hydrogens is 386 g/mol. The SMILES string of the molecule is CC([NH2+]CC=C(c1ccsc1)c1ccsc1)C(O)c1ccc(O)cc1.[Cl-]. The molecule has 1 aromatic carbocycles. The molecule has 2 aromatic heterocycles. The highest BCUT2D eigenvalue weighted by molar-refractivity contribution is 7.08. The third-order valence-corrected chi connectivity index (χ3v) is 5.59. The van der Waals surface area contributed by atoms with Crippen LogP contribution in [0.2, 0.25) is 0 Å². The van der Waals surface area contributed by atoms with E-state index in [1.807, 2.05) is 6.92 Å². The fourth-order valence-electron chi connectivity index (χ4n) is 2.74. The van der Waals surface area contributed by atoms with Crippen LogP contribution in [0.1, 0.15) is 29.7 Å². The zero-order valence-corrected chi connectivity index (χ0v) is 16.8. The molecule has 0 saturated carbocycles. The van der Waals surface area contributed by atoms with Crippen molar-refractivity contribution in [3.8, 4) is 5.75 Å². The number of thiophene rings is 2. The third-order valence-electron chi connectivity index (χ3n) is 4.23. The summed E-state index contributed by atoms with van der Waals surface area (Å²) in [5, 5.41) is 30.5. The highest BCUT2D eigenvalue weighted by atomic mass is 35.5. The lowest BCUT2D eigenvalue weighted by Crippen LogP contribution is -3.00. The monoisotopic (exact) mass is 407 g/mol. The number of aromatic hydroxyl groups is 1. The molecule has 0 aliphatic heterocycles. The lowest BCUT2D eigenvalue weighted by Gasteiger charge is -2.17. The first-order valence-corrected chi connectivity index (χ1v) is 10.1. The Morgan fingerprint density at radius 2 is 1.62 bits per heavy atom. The Bertz CT molecular complexity index is 763. The number of hydrogen-bond acceptors (Lipinski definition) is 4. The van der Waals surface area contributed by atoms with E-state index >= 15 is 0 Å². The maximum Gasteiger partial charge on any atom is 0.130 e. The number of aliphatic hydroxyl groups is 1. The van der Waals surface area contributed by atoms with Gasteiger partial charge in [-0.05, 0) is 81.0 Å². The predicted molar refractivity (Wildman–Crippen MR) is 105 cm³/mol. The van der Waals surface area contributed by atoms with E-state index in [1.54, 1.807) is 46.9 Å². The minimum atomic E-state index is -0.570. The van der Waals surface area contributed by atoms with Crippen LogP contribution in [-0.4, -0.2) is 22.8 Å². The Morgan fingerprint density at radius 1 is 1.04 bits per heavy atom. The maximum atomic E-state index is 10.5. The van der Waals surface area contributed by atoms with Gasteiger partial charge in [0, 0.05) is 0 Å². The highest BCUT2D eigenvalue weighted by Crippen LogP contribution is 2.26. The highest BCUT2D eigenvalue weighted by Gasteiger charge is 2.18. The molecule has 2 atom stereocenters. The summed E-state index contributed by atoms with van der Waals surface area (Å²) in [6, 6.07) is 11.1. The minimum Gasteiger partial charge on any atom is -1.00 e. The molecule has 26 heavy (non-hydrogen) atoms. The Labute approximate surface area is 168 Å². The lowest BCUT2D eigenvalue weighted by molar-refractivity contribution is -0.686. The number of hydrogen-bond donors (Lipinski definition) is 3. The van der Waals surface area contributed by atoms with Crippen LogP contribution in [0.25, 0.3) is 5.57 Å². The summed E-state index contributed by atoms with van der Waals surface area (Å²) in [6.45, 7) is 2.80. The quantitative estimate of drug-likeness (QED) is 0.538. The molecule has 0 bridgehead atoms. The van der Waals surface area contributed by atoms with E-state index < -0.39 is 6.10 Å². The lowest BCUT2D eigenvalue weighted by atomic mass is 10.0. The van der Waals surface area contributed by atoms with Crippen LogP contribution < -0.4 is 17.7 Å². The summed E-state index contributed by atoms with van der Waals surface area (Å²) in [5.74, 6) is 0.215. The molecule has 138 valence electrons. The second-order valence-corrected chi connectivity index (χ2v) is 7.57. The zero-order chi connectivity index (χ0) is 17.6. The number of phenols is 1. The third kappa shape index (κ3) is 5.19. The fourth-order valence-corrected chi connectivity index (χ4v) is 4.05. The van der Waals surface area contributed by atoms with Gasteiger partial charge in [-0.2, -0.15) is 22.7 Å². The number of rotatable bonds is 7. The van der Waals surface area contributed by atoms with Gasteiger partial charge >= 0.3 is 0 Å². The topological polar surface area (TPSA) is 57.1 Å². The van der Waals surface area contributed by atoms with Crippen molar-refractivity contribution in [1.29, 1.82) is 0 Å². The Hall–Kier alpha value is -1.63. The number of halogens is 1. The molecular formula is C20H22ClNO2S2. The first kappa shape index (κ1) is 20.7. The average Bonchev–Trinajstić information content (AvgIpc) is 3.32. The molecule has 6 heteroatoms. The normalized spacial score (nSPS) is 12.8. The van der Waals surface area contributed by atoms with Crippen molar-refractivity contribution in [2.24, 2.45) is 0 Å². The maximum absolute atomic E-state index is 10.5. The van der Waals surface area contributed by atoms with Crippen LogP contribution >= 0.6 is 22.7 Å². The molecule has 0 radical (unpaired) electrons. The number of quaternary nitrogens is 1. The van der Waals surface area contributed by atoms with E-state index in [4.69, 9.17) is 0 Å². The van der Waals surface area contributed by atoms with E-state index in [1.165, 1.54) is 16.7 Å². The van der Waals surface area contributed by atoms with Crippen molar-refractivity contribution in [2.75, 3.05) is 6.54 Å². The molecule has 0 saturated heterocycles. The standard InChI is InChI=1S/C20H21NO2S2.ClH/c1-14(20(23)15-2-4-18(22)5-3-15)21-9-6-19(16-7-10-24-12-16)17-8-11-25-13-17;/h2-8,10-14,20-23H,9H2,1H3;1H. The van der Waals surface area contributed by atoms with Gasteiger partial charge in [0.05, 0.1) is 6.54 Å². The molecule has 0 amide bonds. The molecule has 3 aromatic rings. The fraction of sp³-hybridized carbons (Fsp3) is 0.200. The molecule has 3 nitrogen and oxygen atoms in total. The van der Waals surface area contributed by atoms with Crippen molar-refractivity contribution < 1.29 is 27.9 Å². The molecule has 2 unspecified atom stereocenters. The zero-order valence-electron chi connectivity index (χ0n) is 14.4.